The average molecular weight is 261 g/mol. The minimum atomic E-state index is -0.271. The fourth-order valence-corrected chi connectivity index (χ4v) is 3.43. The minimum Gasteiger partial charge on any atom is -0.399 e. The smallest absolute Gasteiger partial charge is 0.254 e. The second-order valence-electron chi connectivity index (χ2n) is 5.61. The van der Waals surface area contributed by atoms with Crippen molar-refractivity contribution in [3.63, 3.8) is 0 Å². The van der Waals surface area contributed by atoms with Crippen LogP contribution in [0.25, 0.3) is 0 Å². The molecule has 0 radical (unpaired) electrons. The Morgan fingerprint density at radius 3 is 2.16 bits per heavy atom. The lowest BCUT2D eigenvalue weighted by molar-refractivity contribution is 0.0287. The second kappa shape index (κ2) is 4.42. The highest BCUT2D eigenvalue weighted by Crippen LogP contribution is 2.37. The van der Waals surface area contributed by atoms with E-state index >= 15 is 0 Å². The van der Waals surface area contributed by atoms with Crippen LogP contribution >= 0.6 is 0 Å². The highest BCUT2D eigenvalue weighted by atomic mass is 16.3. The van der Waals surface area contributed by atoms with Crippen LogP contribution in [0.3, 0.4) is 0 Å². The van der Waals surface area contributed by atoms with Gasteiger partial charge in [-0.25, -0.2) is 0 Å². The summed E-state index contributed by atoms with van der Waals surface area (Å²) in [5.74, 6) is -0.0154. The number of nitrogens with two attached hydrogens (primary N) is 2. The van der Waals surface area contributed by atoms with E-state index < -0.39 is 0 Å². The third-order valence-corrected chi connectivity index (χ3v) is 4.17. The monoisotopic (exact) mass is 261 g/mol. The van der Waals surface area contributed by atoms with Crippen molar-refractivity contribution >= 4 is 17.3 Å². The molecule has 19 heavy (non-hydrogen) atoms. The van der Waals surface area contributed by atoms with E-state index in [4.69, 9.17) is 11.5 Å². The van der Waals surface area contributed by atoms with E-state index in [-0.39, 0.29) is 24.1 Å². The molecule has 2 saturated heterocycles. The van der Waals surface area contributed by atoms with E-state index in [1.54, 1.807) is 18.2 Å². The summed E-state index contributed by atoms with van der Waals surface area (Å²) in [6, 6.07) is 5.30. The van der Waals surface area contributed by atoms with Gasteiger partial charge in [0.2, 0.25) is 0 Å². The SMILES string of the molecule is Nc1cc(N)cc(C(=O)N2C3CCC2CC(O)C3)c1. The Bertz CT molecular complexity index is 483. The van der Waals surface area contributed by atoms with Crippen molar-refractivity contribution in [3.8, 4) is 0 Å². The number of rotatable bonds is 1. The van der Waals surface area contributed by atoms with Gasteiger partial charge < -0.3 is 21.5 Å². The topological polar surface area (TPSA) is 92.6 Å². The fourth-order valence-electron chi connectivity index (χ4n) is 3.43. The molecule has 2 unspecified atom stereocenters. The number of fused-ring (bicyclic) bond motifs is 2. The molecular formula is C14H19N3O2. The zero-order chi connectivity index (χ0) is 13.6. The number of amides is 1. The van der Waals surface area contributed by atoms with E-state index in [2.05, 4.69) is 0 Å². The molecule has 0 aromatic heterocycles. The maximum atomic E-state index is 12.6. The Morgan fingerprint density at radius 2 is 1.63 bits per heavy atom. The Balaban J connectivity index is 1.88. The maximum absolute atomic E-state index is 12.6. The molecule has 3 rings (SSSR count). The summed E-state index contributed by atoms with van der Waals surface area (Å²) in [4.78, 5) is 14.5. The van der Waals surface area contributed by atoms with Crippen LogP contribution in [0.5, 0.6) is 0 Å². The van der Waals surface area contributed by atoms with E-state index in [1.807, 2.05) is 4.90 Å². The summed E-state index contributed by atoms with van der Waals surface area (Å²) < 4.78 is 0. The van der Waals surface area contributed by atoms with Gasteiger partial charge >= 0.3 is 0 Å². The third kappa shape index (κ3) is 2.14. The number of hydrogen-bond acceptors (Lipinski definition) is 4. The van der Waals surface area contributed by atoms with Crippen LogP contribution in [0.15, 0.2) is 18.2 Å². The number of aliphatic hydroxyl groups excluding tert-OH is 1. The van der Waals surface area contributed by atoms with Gasteiger partial charge in [0, 0.05) is 29.0 Å². The van der Waals surface area contributed by atoms with Crippen molar-refractivity contribution in [2.45, 2.75) is 43.9 Å². The predicted molar refractivity (Wildman–Crippen MR) is 73.5 cm³/mol. The zero-order valence-electron chi connectivity index (χ0n) is 10.7. The number of nitrogen functional groups attached to an aromatic ring is 2. The normalized spacial score (nSPS) is 29.5. The summed E-state index contributed by atoms with van der Waals surface area (Å²) >= 11 is 0. The molecule has 2 fully saturated rings. The molecule has 5 N–H and O–H groups in total. The van der Waals surface area contributed by atoms with Crippen LogP contribution < -0.4 is 11.5 Å². The Morgan fingerprint density at radius 1 is 1.11 bits per heavy atom. The Hall–Kier alpha value is -1.75. The summed E-state index contributed by atoms with van der Waals surface area (Å²) in [6.07, 6.45) is 3.05. The van der Waals surface area contributed by atoms with Crippen molar-refractivity contribution in [1.29, 1.82) is 0 Å². The first kappa shape index (κ1) is 12.3. The van der Waals surface area contributed by atoms with E-state index in [1.165, 1.54) is 0 Å². The Kier molecular flexibility index (Phi) is 2.86. The lowest BCUT2D eigenvalue weighted by Crippen LogP contribution is -2.48. The fraction of sp³-hybridized carbons (Fsp3) is 0.500. The first-order valence-corrected chi connectivity index (χ1v) is 6.71. The Labute approximate surface area is 112 Å². The minimum absolute atomic E-state index is 0.0154. The zero-order valence-corrected chi connectivity index (χ0v) is 10.7. The van der Waals surface area contributed by atoms with Crippen molar-refractivity contribution in [2.75, 3.05) is 11.5 Å². The molecule has 0 spiro atoms. The maximum Gasteiger partial charge on any atom is 0.254 e. The first-order chi connectivity index (χ1) is 9.04. The van der Waals surface area contributed by atoms with Crippen LogP contribution in [-0.4, -0.2) is 34.1 Å². The van der Waals surface area contributed by atoms with E-state index in [9.17, 15) is 9.90 Å². The number of carbonyl (C=O) groups excluding carboxylic acids is 1. The number of hydrogen-bond donors (Lipinski definition) is 3. The molecule has 5 nitrogen and oxygen atoms in total. The molecule has 2 bridgehead atoms. The third-order valence-electron chi connectivity index (χ3n) is 4.17. The number of nitrogens with zero attached hydrogens (tertiary/aromatic N) is 1. The van der Waals surface area contributed by atoms with Crippen LogP contribution in [0.4, 0.5) is 11.4 Å². The summed E-state index contributed by atoms with van der Waals surface area (Å²) in [7, 11) is 0. The molecule has 1 aromatic carbocycles. The van der Waals surface area contributed by atoms with E-state index in [0.717, 1.165) is 12.8 Å². The number of piperidine rings is 1. The molecule has 0 aliphatic carbocycles. The highest BCUT2D eigenvalue weighted by Gasteiger charge is 2.42. The molecule has 2 aliphatic heterocycles. The molecule has 2 heterocycles. The van der Waals surface area contributed by atoms with E-state index in [0.29, 0.717) is 29.8 Å². The van der Waals surface area contributed by atoms with Crippen molar-refractivity contribution in [2.24, 2.45) is 0 Å². The molecule has 0 saturated carbocycles. The average Bonchev–Trinajstić information content (AvgIpc) is 2.59. The number of carbonyl (C=O) groups is 1. The van der Waals surface area contributed by atoms with Gasteiger partial charge in [-0.1, -0.05) is 0 Å². The quantitative estimate of drug-likeness (QED) is 0.657. The number of aliphatic hydroxyl groups is 1. The van der Waals surface area contributed by atoms with Gasteiger partial charge in [0.25, 0.3) is 5.91 Å². The standard InChI is InChI=1S/C14H19N3O2/c15-9-3-8(4-10(16)5-9)14(19)17-11-1-2-12(17)7-13(18)6-11/h3-5,11-13,18H,1-2,6-7,15-16H2. The van der Waals surface area contributed by atoms with Crippen molar-refractivity contribution < 1.29 is 9.90 Å². The van der Waals surface area contributed by atoms with Gasteiger partial charge in [0.1, 0.15) is 0 Å². The molecule has 1 aromatic rings. The summed E-state index contributed by atoms with van der Waals surface area (Å²) in [5.41, 5.74) is 13.0. The summed E-state index contributed by atoms with van der Waals surface area (Å²) in [6.45, 7) is 0. The molecule has 1 amide bonds. The van der Waals surface area contributed by atoms with Crippen LogP contribution in [-0.2, 0) is 0 Å². The van der Waals surface area contributed by atoms with Gasteiger partial charge in [-0.3, -0.25) is 4.79 Å². The van der Waals surface area contributed by atoms with Crippen molar-refractivity contribution in [1.82, 2.24) is 4.90 Å². The first-order valence-electron chi connectivity index (χ1n) is 6.71. The molecule has 5 heteroatoms. The summed E-state index contributed by atoms with van der Waals surface area (Å²) in [5, 5.41) is 9.77. The van der Waals surface area contributed by atoms with Crippen molar-refractivity contribution in [3.05, 3.63) is 23.8 Å². The highest BCUT2D eigenvalue weighted by molar-refractivity contribution is 5.96. The lowest BCUT2D eigenvalue weighted by atomic mass is 9.98. The van der Waals surface area contributed by atoms with Gasteiger partial charge in [-0.15, -0.1) is 0 Å². The predicted octanol–water partition coefficient (Wildman–Crippen LogP) is 0.979. The molecule has 102 valence electrons. The molecule has 2 atom stereocenters. The number of benzene rings is 1. The van der Waals surface area contributed by atoms with Gasteiger partial charge in [-0.05, 0) is 43.9 Å². The van der Waals surface area contributed by atoms with Gasteiger partial charge in [0.05, 0.1) is 6.10 Å². The lowest BCUT2D eigenvalue weighted by Gasteiger charge is -2.37. The van der Waals surface area contributed by atoms with Gasteiger partial charge in [0.15, 0.2) is 0 Å². The molecular weight excluding hydrogens is 242 g/mol. The van der Waals surface area contributed by atoms with Crippen LogP contribution in [0, 0.1) is 0 Å². The largest absolute Gasteiger partial charge is 0.399 e. The van der Waals surface area contributed by atoms with Gasteiger partial charge in [-0.2, -0.15) is 0 Å². The second-order valence-corrected chi connectivity index (χ2v) is 5.61. The van der Waals surface area contributed by atoms with Crippen LogP contribution in [0.2, 0.25) is 0 Å². The van der Waals surface area contributed by atoms with Crippen LogP contribution in [0.1, 0.15) is 36.0 Å². The molecule has 2 aliphatic rings. The number of anilines is 2.